The Labute approximate surface area is 247 Å². The lowest BCUT2D eigenvalue weighted by Crippen LogP contribution is -2.46. The van der Waals surface area contributed by atoms with Gasteiger partial charge in [0.1, 0.15) is 11.3 Å². The molecule has 8 heteroatoms. The Bertz CT molecular complexity index is 1340. The highest BCUT2D eigenvalue weighted by Crippen LogP contribution is 2.41. The molecule has 0 aromatic heterocycles. The summed E-state index contributed by atoms with van der Waals surface area (Å²) in [6.45, 7) is 4.61. The van der Waals surface area contributed by atoms with Crippen LogP contribution in [0, 0.1) is 12.1 Å². The fourth-order valence-electron chi connectivity index (χ4n) is 6.32. The van der Waals surface area contributed by atoms with E-state index in [1.807, 2.05) is 42.2 Å². The van der Waals surface area contributed by atoms with Crippen molar-refractivity contribution in [3.63, 3.8) is 0 Å². The first-order chi connectivity index (χ1) is 19.9. The van der Waals surface area contributed by atoms with Crippen LogP contribution in [-0.2, 0) is 16.6 Å². The van der Waals surface area contributed by atoms with Crippen LogP contribution in [-0.4, -0.2) is 72.6 Å². The standard InChI is InChI=1S/C33H36ClN3O4/c1-3-23-19-27(34)31(41-2)29(30(23)39)32(40)35-20-26-15-10-17-36(26)21-28(38)37-18-16-33(22-37,24-11-6-4-7-12-24)25-13-8-5-9-14-25/h4,6-8,11-14,19,26,39H,3,10,15-18,20-22H2,1-2H3,(H,35,40). The Morgan fingerprint density at radius 2 is 1.98 bits per heavy atom. The van der Waals surface area contributed by atoms with Gasteiger partial charge >= 0.3 is 0 Å². The molecule has 2 amide bonds. The summed E-state index contributed by atoms with van der Waals surface area (Å²) in [5, 5.41) is 14.0. The Hall–Kier alpha value is -3.73. The van der Waals surface area contributed by atoms with Gasteiger partial charge in [0.05, 0.1) is 18.7 Å². The van der Waals surface area contributed by atoms with Gasteiger partial charge in [0.15, 0.2) is 5.75 Å². The van der Waals surface area contributed by atoms with Crippen LogP contribution in [0.4, 0.5) is 0 Å². The van der Waals surface area contributed by atoms with Gasteiger partial charge in [-0.3, -0.25) is 14.5 Å². The Morgan fingerprint density at radius 3 is 2.68 bits per heavy atom. The van der Waals surface area contributed by atoms with Crippen molar-refractivity contribution in [3.8, 4) is 11.5 Å². The minimum Gasteiger partial charge on any atom is -0.507 e. The van der Waals surface area contributed by atoms with Gasteiger partial charge in [0.2, 0.25) is 5.91 Å². The van der Waals surface area contributed by atoms with Crippen molar-refractivity contribution in [1.82, 2.24) is 15.1 Å². The number of halogens is 1. The Kier molecular flexibility index (Phi) is 8.72. The quantitative estimate of drug-likeness (QED) is 0.390. The Morgan fingerprint density at radius 1 is 1.17 bits per heavy atom. The van der Waals surface area contributed by atoms with Crippen molar-refractivity contribution in [2.24, 2.45) is 0 Å². The maximum atomic E-state index is 13.6. The van der Waals surface area contributed by atoms with Crippen LogP contribution in [0.1, 0.15) is 53.2 Å². The third-order valence-corrected chi connectivity index (χ3v) is 8.87. The SMILES string of the molecule is CCc1cc(Cl)c(OC)c(C(=O)NCC2CCCN2CC(=O)N2CCC(c3cc#ccc3)(c3ccccc3)C2)c1O. The molecule has 2 atom stereocenters. The molecule has 41 heavy (non-hydrogen) atoms. The number of phenolic OH excluding ortho intramolecular Hbond substituents is 1. The average Bonchev–Trinajstić information content (AvgIpc) is 3.65. The van der Waals surface area contributed by atoms with Crippen molar-refractivity contribution in [2.75, 3.05) is 39.8 Å². The van der Waals surface area contributed by atoms with Crippen molar-refractivity contribution >= 4 is 23.4 Å². The van der Waals surface area contributed by atoms with E-state index in [4.69, 9.17) is 16.3 Å². The molecule has 3 aromatic rings. The van der Waals surface area contributed by atoms with Gasteiger partial charge in [-0.1, -0.05) is 61.0 Å². The van der Waals surface area contributed by atoms with Crippen LogP contribution >= 0.6 is 11.6 Å². The minimum atomic E-state index is -0.446. The predicted molar refractivity (Wildman–Crippen MR) is 159 cm³/mol. The van der Waals surface area contributed by atoms with Crippen LogP contribution in [0.2, 0.25) is 5.02 Å². The summed E-state index contributed by atoms with van der Waals surface area (Å²) in [6, 6.07) is 24.0. The van der Waals surface area contributed by atoms with E-state index in [0.717, 1.165) is 31.4 Å². The van der Waals surface area contributed by atoms with E-state index in [1.165, 1.54) is 12.7 Å². The first-order valence-electron chi connectivity index (χ1n) is 14.2. The first-order valence-corrected chi connectivity index (χ1v) is 14.6. The third kappa shape index (κ3) is 5.72. The molecule has 214 valence electrons. The second kappa shape index (κ2) is 12.4. The van der Waals surface area contributed by atoms with E-state index in [1.54, 1.807) is 6.07 Å². The monoisotopic (exact) mass is 573 g/mol. The first kappa shape index (κ1) is 28.8. The van der Waals surface area contributed by atoms with Crippen molar-refractivity contribution in [2.45, 2.75) is 44.1 Å². The summed E-state index contributed by atoms with van der Waals surface area (Å²) in [5.41, 5.74) is 2.68. The number of carbonyl (C=O) groups is 2. The number of amides is 2. The van der Waals surface area contributed by atoms with Gasteiger partial charge in [-0.25, -0.2) is 0 Å². The molecular formula is C33H36ClN3O4. The van der Waals surface area contributed by atoms with Crippen LogP contribution in [0.15, 0.2) is 54.6 Å². The largest absolute Gasteiger partial charge is 0.507 e. The number of aryl methyl sites for hydroxylation is 1. The van der Waals surface area contributed by atoms with Crippen LogP contribution in [0.5, 0.6) is 11.5 Å². The summed E-state index contributed by atoms with van der Waals surface area (Å²) in [4.78, 5) is 30.9. The normalized spacial score (nSPS) is 18.2. The van der Waals surface area contributed by atoms with Gasteiger partial charge in [-0.05, 0) is 73.2 Å². The van der Waals surface area contributed by atoms with E-state index in [9.17, 15) is 14.7 Å². The number of aromatic hydroxyl groups is 1. The molecule has 0 bridgehead atoms. The number of hydrogen-bond acceptors (Lipinski definition) is 5. The fraction of sp³-hybridized carbons (Fsp3) is 0.394. The molecule has 2 N–H and O–H groups in total. The van der Waals surface area contributed by atoms with E-state index in [2.05, 4.69) is 40.5 Å². The zero-order chi connectivity index (χ0) is 29.0. The number of carbonyl (C=O) groups excluding carboxylic acids is 2. The number of rotatable bonds is 9. The predicted octanol–water partition coefficient (Wildman–Crippen LogP) is 4.63. The summed E-state index contributed by atoms with van der Waals surface area (Å²) in [6.07, 6.45) is 3.18. The summed E-state index contributed by atoms with van der Waals surface area (Å²) in [7, 11) is 1.42. The maximum absolute atomic E-state index is 13.6. The number of benzene rings is 2. The van der Waals surface area contributed by atoms with Gasteiger partial charge in [-0.15, -0.1) is 0 Å². The van der Waals surface area contributed by atoms with E-state index >= 15 is 0 Å². The molecule has 0 radical (unpaired) electrons. The number of nitrogens with zero attached hydrogens (tertiary/aromatic N) is 2. The molecular weight excluding hydrogens is 538 g/mol. The van der Waals surface area contributed by atoms with Crippen molar-refractivity contribution in [3.05, 3.63) is 94.0 Å². The van der Waals surface area contributed by atoms with Crippen LogP contribution in [0.25, 0.3) is 0 Å². The maximum Gasteiger partial charge on any atom is 0.258 e. The molecule has 2 fully saturated rings. The van der Waals surface area contributed by atoms with Gasteiger partial charge in [0.25, 0.3) is 5.91 Å². The lowest BCUT2D eigenvalue weighted by molar-refractivity contribution is -0.131. The zero-order valence-corrected chi connectivity index (χ0v) is 24.3. The number of hydrogen-bond donors (Lipinski definition) is 2. The molecule has 2 aliphatic heterocycles. The number of likely N-dealkylation sites (tertiary alicyclic amines) is 2. The molecule has 7 nitrogen and oxygen atoms in total. The summed E-state index contributed by atoms with van der Waals surface area (Å²) < 4.78 is 5.34. The molecule has 3 aromatic carbocycles. The van der Waals surface area contributed by atoms with Gasteiger partial charge in [0, 0.05) is 31.1 Å². The molecule has 0 aliphatic carbocycles. The molecule has 5 rings (SSSR count). The number of phenols is 1. The molecule has 0 spiro atoms. The van der Waals surface area contributed by atoms with Crippen LogP contribution < -0.4 is 10.1 Å². The van der Waals surface area contributed by atoms with Gasteiger partial charge < -0.3 is 20.1 Å². The second-order valence-electron chi connectivity index (χ2n) is 10.8. The summed E-state index contributed by atoms with van der Waals surface area (Å²) >= 11 is 6.33. The highest BCUT2D eigenvalue weighted by atomic mass is 35.5. The number of methoxy groups -OCH3 is 1. The molecule has 2 unspecified atom stereocenters. The van der Waals surface area contributed by atoms with Crippen LogP contribution in [0.3, 0.4) is 0 Å². The zero-order valence-electron chi connectivity index (χ0n) is 23.6. The van der Waals surface area contributed by atoms with Crippen molar-refractivity contribution < 1.29 is 19.4 Å². The van der Waals surface area contributed by atoms with Gasteiger partial charge in [-0.2, -0.15) is 0 Å². The number of nitrogens with one attached hydrogen (secondary N) is 1. The third-order valence-electron chi connectivity index (χ3n) is 8.59. The Balaban J connectivity index is 1.26. The lowest BCUT2D eigenvalue weighted by atomic mass is 9.74. The topological polar surface area (TPSA) is 82.1 Å². The average molecular weight is 574 g/mol. The minimum absolute atomic E-state index is 0.0154. The van der Waals surface area contributed by atoms with E-state index < -0.39 is 5.91 Å². The highest BCUT2D eigenvalue weighted by molar-refractivity contribution is 6.33. The summed E-state index contributed by atoms with van der Waals surface area (Å²) in [5.74, 6) is -0.315. The van der Waals surface area contributed by atoms with E-state index in [-0.39, 0.29) is 39.4 Å². The second-order valence-corrected chi connectivity index (χ2v) is 11.2. The highest BCUT2D eigenvalue weighted by Gasteiger charge is 2.43. The van der Waals surface area contributed by atoms with Crippen molar-refractivity contribution in [1.29, 1.82) is 0 Å². The molecule has 2 heterocycles. The molecule has 0 saturated carbocycles. The number of ether oxygens (including phenoxy) is 1. The smallest absolute Gasteiger partial charge is 0.258 e. The molecule has 2 aliphatic rings. The fourth-order valence-corrected chi connectivity index (χ4v) is 6.63. The van der Waals surface area contributed by atoms with E-state index in [0.29, 0.717) is 38.2 Å². The lowest BCUT2D eigenvalue weighted by Gasteiger charge is -2.31. The molecule has 2 saturated heterocycles.